The van der Waals surface area contributed by atoms with Crippen molar-refractivity contribution in [3.63, 3.8) is 0 Å². The Morgan fingerprint density at radius 1 is 1.15 bits per heavy atom. The third kappa shape index (κ3) is 6.64. The van der Waals surface area contributed by atoms with Gasteiger partial charge in [-0.1, -0.05) is 52.3 Å². The highest BCUT2D eigenvalue weighted by molar-refractivity contribution is 9.09. The first-order valence-electron chi connectivity index (χ1n) is 7.72. The van der Waals surface area contributed by atoms with Gasteiger partial charge in [0.2, 0.25) is 4.91 Å². The van der Waals surface area contributed by atoms with Crippen LogP contribution in [0.5, 0.6) is 0 Å². The molecule has 2 rings (SSSR count). The van der Waals surface area contributed by atoms with Gasteiger partial charge in [0.05, 0.1) is 4.92 Å². The van der Waals surface area contributed by atoms with E-state index in [1.54, 1.807) is 42.5 Å². The Hall–Kier alpha value is -2.74. The largest absolute Gasteiger partial charge is 0.316 e. The molecule has 9 heteroatoms. The molecule has 0 heterocycles. The van der Waals surface area contributed by atoms with E-state index in [2.05, 4.69) is 21.2 Å². The summed E-state index contributed by atoms with van der Waals surface area (Å²) in [6.45, 7) is 1.57. The molecule has 0 radical (unpaired) electrons. The summed E-state index contributed by atoms with van der Waals surface area (Å²) in [7, 11) is 0. The molecule has 0 amide bonds. The number of ketones is 1. The number of nitro benzene ring substituents is 1. The van der Waals surface area contributed by atoms with Crippen molar-refractivity contribution in [3.05, 3.63) is 75.3 Å². The van der Waals surface area contributed by atoms with E-state index in [4.69, 9.17) is 11.1 Å². The molecule has 136 valence electrons. The van der Waals surface area contributed by atoms with Crippen LogP contribution in [0.25, 0.3) is 0 Å². The Balaban J connectivity index is 0.00000105. The first-order chi connectivity index (χ1) is 12.5. The summed E-state index contributed by atoms with van der Waals surface area (Å²) in [6.07, 6.45) is 0.674. The molecule has 26 heavy (non-hydrogen) atoms. The Bertz CT molecular complexity index is 777. The molecule has 2 aromatic rings. The Morgan fingerprint density at radius 3 is 2.38 bits per heavy atom. The van der Waals surface area contributed by atoms with Crippen LogP contribution in [0.3, 0.4) is 0 Å². The zero-order chi connectivity index (χ0) is 19.4. The topological polar surface area (TPSA) is 134 Å². The highest BCUT2D eigenvalue weighted by Crippen LogP contribution is 2.23. The van der Waals surface area contributed by atoms with Crippen molar-refractivity contribution in [1.29, 1.82) is 11.1 Å². The van der Waals surface area contributed by atoms with Gasteiger partial charge >= 0.3 is 0 Å². The predicted molar refractivity (Wildman–Crippen MR) is 101 cm³/mol. The lowest BCUT2D eigenvalue weighted by molar-refractivity contribution is -0.385. The van der Waals surface area contributed by atoms with Crippen LogP contribution in [0, 0.1) is 21.2 Å². The van der Waals surface area contributed by atoms with Crippen molar-refractivity contribution >= 4 is 27.4 Å². The number of hydrogen-bond donors (Lipinski definition) is 3. The molecule has 0 bridgehead atoms. The Labute approximate surface area is 158 Å². The van der Waals surface area contributed by atoms with Gasteiger partial charge in [0.1, 0.15) is 16.6 Å². The molecule has 0 spiro atoms. The van der Waals surface area contributed by atoms with Gasteiger partial charge in [0.15, 0.2) is 5.78 Å². The third-order valence-electron chi connectivity index (χ3n) is 3.40. The van der Waals surface area contributed by atoms with Gasteiger partial charge in [0.25, 0.3) is 5.69 Å². The summed E-state index contributed by atoms with van der Waals surface area (Å²) in [5.41, 5.74) is 12.3. The van der Waals surface area contributed by atoms with E-state index < -0.39 is 4.92 Å². The molecule has 0 fully saturated rings. The first kappa shape index (κ1) is 21.3. The Morgan fingerprint density at radius 2 is 1.81 bits per heavy atom. The van der Waals surface area contributed by atoms with Crippen molar-refractivity contribution < 1.29 is 9.72 Å². The van der Waals surface area contributed by atoms with E-state index in [9.17, 15) is 14.9 Å². The van der Waals surface area contributed by atoms with Crippen LogP contribution in [-0.4, -0.2) is 29.1 Å². The molecule has 8 nitrogen and oxygen atoms in total. The molecule has 0 saturated carbocycles. The minimum absolute atomic E-state index is 0.123. The molecule has 0 saturated heterocycles. The quantitative estimate of drug-likeness (QED) is 0.114. The number of halogens is 1. The number of nitrogens with zero attached hydrogens (tertiary/aromatic N) is 2. The summed E-state index contributed by atoms with van der Waals surface area (Å²) in [4.78, 5) is 25.3. The molecule has 0 atom stereocenters. The number of carbonyl (C=O) groups is 1. The van der Waals surface area contributed by atoms with Crippen molar-refractivity contribution in [2.45, 2.75) is 6.42 Å². The van der Waals surface area contributed by atoms with Crippen molar-refractivity contribution in [2.75, 3.05) is 18.4 Å². The maximum atomic E-state index is 12.5. The summed E-state index contributed by atoms with van der Waals surface area (Å²) >= 11 is 3.32. The van der Waals surface area contributed by atoms with Gasteiger partial charge in [-0.3, -0.25) is 14.9 Å². The third-order valence-corrected chi connectivity index (χ3v) is 3.80. The van der Waals surface area contributed by atoms with E-state index in [0.29, 0.717) is 12.0 Å². The van der Waals surface area contributed by atoms with Crippen LogP contribution >= 0.6 is 15.9 Å². The minimum atomic E-state index is -0.494. The monoisotopic (exact) mass is 420 g/mol. The van der Waals surface area contributed by atoms with Gasteiger partial charge < -0.3 is 5.32 Å². The van der Waals surface area contributed by atoms with E-state index in [-0.39, 0.29) is 17.0 Å². The van der Waals surface area contributed by atoms with Gasteiger partial charge in [0, 0.05) is 23.5 Å². The van der Waals surface area contributed by atoms with Crippen LogP contribution in [0.15, 0.2) is 48.5 Å². The fourth-order valence-corrected chi connectivity index (χ4v) is 2.53. The number of benzene rings is 2. The fourth-order valence-electron chi connectivity index (χ4n) is 2.25. The van der Waals surface area contributed by atoms with Crippen LogP contribution in [-0.2, 0) is 6.42 Å². The zero-order valence-corrected chi connectivity index (χ0v) is 15.5. The number of nitro groups is 1. The van der Waals surface area contributed by atoms with Gasteiger partial charge in [-0.2, -0.15) is 0 Å². The van der Waals surface area contributed by atoms with Gasteiger partial charge in [-0.15, -0.1) is 0 Å². The van der Waals surface area contributed by atoms with E-state index >= 15 is 0 Å². The summed E-state index contributed by atoms with van der Waals surface area (Å²) in [5.74, 6) is -0.332. The second-order valence-electron chi connectivity index (χ2n) is 5.10. The zero-order valence-electron chi connectivity index (χ0n) is 13.9. The second-order valence-corrected chi connectivity index (χ2v) is 5.90. The van der Waals surface area contributed by atoms with Gasteiger partial charge in [-0.05, 0) is 24.6 Å². The first-order valence-corrected chi connectivity index (χ1v) is 8.84. The number of hydrogen-bond acceptors (Lipinski definition) is 6. The van der Waals surface area contributed by atoms with E-state index in [0.717, 1.165) is 24.0 Å². The van der Waals surface area contributed by atoms with Crippen molar-refractivity contribution in [2.24, 2.45) is 0 Å². The molecule has 0 aliphatic carbocycles. The minimum Gasteiger partial charge on any atom is -0.316 e. The lowest BCUT2D eigenvalue weighted by Crippen LogP contribution is -2.19. The molecule has 0 aliphatic heterocycles. The fraction of sp³-hybridized carbons (Fsp3) is 0.235. The smallest absolute Gasteiger partial charge is 0.280 e. The lowest BCUT2D eigenvalue weighted by Gasteiger charge is -2.06. The predicted octanol–water partition coefficient (Wildman–Crippen LogP) is 3.47. The van der Waals surface area contributed by atoms with Gasteiger partial charge in [-0.25, -0.2) is 0 Å². The van der Waals surface area contributed by atoms with Crippen molar-refractivity contribution in [3.8, 4) is 0 Å². The van der Waals surface area contributed by atoms with E-state index in [1.807, 2.05) is 4.91 Å². The van der Waals surface area contributed by atoms with Crippen LogP contribution < -0.4 is 10.2 Å². The average molecular weight is 421 g/mol. The number of alkyl halides is 1. The molecule has 0 aliphatic rings. The molecular weight excluding hydrogens is 402 g/mol. The SMILES string of the molecule is N=[N+]=N.O=C(c1ccccc1)c1ccc(CCNCCBr)cc1[N+](=O)[O-]. The molecule has 0 unspecified atom stereocenters. The van der Waals surface area contributed by atoms with Crippen molar-refractivity contribution in [1.82, 2.24) is 10.2 Å². The summed E-state index contributed by atoms with van der Waals surface area (Å²) in [5, 5.41) is 15.4. The second kappa shape index (κ2) is 11.8. The van der Waals surface area contributed by atoms with Crippen LogP contribution in [0.1, 0.15) is 21.5 Å². The number of nitrogens with one attached hydrogen (secondary N) is 3. The summed E-state index contributed by atoms with van der Waals surface area (Å²) < 4.78 is 0. The van der Waals surface area contributed by atoms with Crippen LogP contribution in [0.2, 0.25) is 0 Å². The molecule has 3 N–H and O–H groups in total. The van der Waals surface area contributed by atoms with Crippen LogP contribution in [0.4, 0.5) is 5.69 Å². The number of rotatable bonds is 8. The highest BCUT2D eigenvalue weighted by atomic mass is 79.9. The normalized spacial score (nSPS) is 9.58. The van der Waals surface area contributed by atoms with E-state index in [1.165, 1.54) is 6.07 Å². The molecule has 0 aromatic heterocycles. The molecular formula is C17H19BrN5O3+. The average Bonchev–Trinajstić information content (AvgIpc) is 2.66. The maximum absolute atomic E-state index is 12.5. The standard InChI is InChI=1S/C17H17BrN2O3.H2N3/c18-9-11-19-10-8-13-6-7-15(16(12-13)20(22)23)17(21)14-4-2-1-3-5-14;1-3-2/h1-7,12,19H,8-11H2;1-2H/q;+1. The Kier molecular flexibility index (Phi) is 9.63. The lowest BCUT2D eigenvalue weighted by atomic mass is 9.99. The highest BCUT2D eigenvalue weighted by Gasteiger charge is 2.21. The molecule has 2 aromatic carbocycles. The summed E-state index contributed by atoms with van der Waals surface area (Å²) in [6, 6.07) is 13.4. The maximum Gasteiger partial charge on any atom is 0.280 e. The number of carbonyl (C=O) groups excluding carboxylic acids is 1.